The molecule has 1 aromatic rings. The van der Waals surface area contributed by atoms with Crippen molar-refractivity contribution in [2.24, 2.45) is 11.8 Å². The summed E-state index contributed by atoms with van der Waals surface area (Å²) in [6.07, 6.45) is 3.61. The largest absolute Gasteiger partial charge is 0.348 e. The molecular weight excluding hydrogens is 376 g/mol. The molecule has 0 bridgehead atoms. The minimum atomic E-state index is 0.0697. The molecule has 0 radical (unpaired) electrons. The quantitative estimate of drug-likeness (QED) is 0.526. The zero-order valence-corrected chi connectivity index (χ0v) is 19.1. The van der Waals surface area contributed by atoms with E-state index in [2.05, 4.69) is 37.5 Å². The van der Waals surface area contributed by atoms with Gasteiger partial charge in [0.05, 0.1) is 0 Å². The molecule has 1 saturated heterocycles. The van der Waals surface area contributed by atoms with Crippen molar-refractivity contribution in [2.75, 3.05) is 44.6 Å². The number of hydrogen-bond donors (Lipinski definition) is 4. The summed E-state index contributed by atoms with van der Waals surface area (Å²) in [5.41, 5.74) is 3.22. The highest BCUT2D eigenvalue weighted by atomic mass is 16.2. The highest BCUT2D eigenvalue weighted by Crippen LogP contribution is 2.29. The van der Waals surface area contributed by atoms with E-state index in [0.29, 0.717) is 31.0 Å². The standard InChI is InChI=1S/C24H38N4O2/c1-17-7-5-9-21(19(17)3)25-23(29)15-27-11-13-28(14-12-27)16-24(30)26-22-10-6-8-18(2)20(22)4/h5,7,9,18,20,22H,6,8,10-16H2,1-4H3,(H,25,29)(H,26,30)/p+2/t18-,20+,22-/m1/s1. The molecular formula is C24H40N4O2+2. The smallest absolute Gasteiger partial charge is 0.279 e. The Hall–Kier alpha value is -1.92. The summed E-state index contributed by atoms with van der Waals surface area (Å²) in [5, 5.41) is 6.36. The van der Waals surface area contributed by atoms with E-state index in [1.54, 1.807) is 0 Å². The van der Waals surface area contributed by atoms with Crippen molar-refractivity contribution in [3.63, 3.8) is 0 Å². The zero-order chi connectivity index (χ0) is 21.7. The second kappa shape index (κ2) is 10.4. The van der Waals surface area contributed by atoms with Gasteiger partial charge in [-0.15, -0.1) is 0 Å². The van der Waals surface area contributed by atoms with Crippen LogP contribution >= 0.6 is 0 Å². The van der Waals surface area contributed by atoms with Crippen LogP contribution in [0.1, 0.15) is 44.2 Å². The van der Waals surface area contributed by atoms with Crippen LogP contribution in [0.4, 0.5) is 5.69 Å². The number of anilines is 1. The summed E-state index contributed by atoms with van der Waals surface area (Å²) >= 11 is 0. The molecule has 1 aliphatic carbocycles. The van der Waals surface area contributed by atoms with Crippen molar-refractivity contribution in [3.05, 3.63) is 29.3 Å². The van der Waals surface area contributed by atoms with E-state index in [4.69, 9.17) is 0 Å². The van der Waals surface area contributed by atoms with E-state index in [-0.39, 0.29) is 11.8 Å². The van der Waals surface area contributed by atoms with Crippen molar-refractivity contribution >= 4 is 17.5 Å². The van der Waals surface area contributed by atoms with Gasteiger partial charge in [-0.25, -0.2) is 0 Å². The van der Waals surface area contributed by atoms with Gasteiger partial charge in [0.1, 0.15) is 26.2 Å². The molecule has 3 rings (SSSR count). The summed E-state index contributed by atoms with van der Waals surface area (Å²) in [6, 6.07) is 6.34. The van der Waals surface area contributed by atoms with E-state index in [1.165, 1.54) is 28.2 Å². The number of carbonyl (C=O) groups excluding carboxylic acids is 2. The van der Waals surface area contributed by atoms with Crippen LogP contribution in [0.3, 0.4) is 0 Å². The molecule has 2 amide bonds. The van der Waals surface area contributed by atoms with E-state index in [0.717, 1.165) is 43.9 Å². The highest BCUT2D eigenvalue weighted by molar-refractivity contribution is 5.92. The van der Waals surface area contributed by atoms with Gasteiger partial charge < -0.3 is 20.4 Å². The van der Waals surface area contributed by atoms with Crippen molar-refractivity contribution in [1.29, 1.82) is 0 Å². The van der Waals surface area contributed by atoms with Crippen molar-refractivity contribution in [1.82, 2.24) is 5.32 Å². The van der Waals surface area contributed by atoms with Gasteiger partial charge in [0.2, 0.25) is 0 Å². The van der Waals surface area contributed by atoms with Crippen LogP contribution in [0.25, 0.3) is 0 Å². The Morgan fingerprint density at radius 3 is 2.27 bits per heavy atom. The highest BCUT2D eigenvalue weighted by Gasteiger charge is 2.30. The van der Waals surface area contributed by atoms with Crippen molar-refractivity contribution in [3.8, 4) is 0 Å². The summed E-state index contributed by atoms with van der Waals surface area (Å²) in [5.74, 6) is 1.51. The summed E-state index contributed by atoms with van der Waals surface area (Å²) in [4.78, 5) is 27.7. The fraction of sp³-hybridized carbons (Fsp3) is 0.667. The average Bonchev–Trinajstić information content (AvgIpc) is 2.70. The van der Waals surface area contributed by atoms with Crippen LogP contribution in [0.15, 0.2) is 18.2 Å². The second-order valence-corrected chi connectivity index (χ2v) is 9.59. The third-order valence-corrected chi connectivity index (χ3v) is 7.42. The van der Waals surface area contributed by atoms with E-state index >= 15 is 0 Å². The van der Waals surface area contributed by atoms with Crippen LogP contribution in [0.2, 0.25) is 0 Å². The Labute approximate surface area is 181 Å². The van der Waals surface area contributed by atoms with Gasteiger partial charge in [-0.3, -0.25) is 9.59 Å². The maximum atomic E-state index is 12.6. The summed E-state index contributed by atoms with van der Waals surface area (Å²) < 4.78 is 0. The topological polar surface area (TPSA) is 67.1 Å². The normalized spacial score (nSPS) is 29.3. The van der Waals surface area contributed by atoms with Crippen LogP contribution in [0, 0.1) is 25.7 Å². The minimum absolute atomic E-state index is 0.0697. The fourth-order valence-corrected chi connectivity index (χ4v) is 4.89. The summed E-state index contributed by atoms with van der Waals surface area (Å²) in [6.45, 7) is 13.5. The van der Waals surface area contributed by atoms with E-state index < -0.39 is 0 Å². The van der Waals surface area contributed by atoms with E-state index in [1.807, 2.05) is 19.1 Å². The van der Waals surface area contributed by atoms with Crippen LogP contribution in [0.5, 0.6) is 0 Å². The average molecular weight is 417 g/mol. The first-order valence-electron chi connectivity index (χ1n) is 11.7. The molecule has 166 valence electrons. The zero-order valence-electron chi connectivity index (χ0n) is 19.1. The number of amides is 2. The van der Waals surface area contributed by atoms with Gasteiger partial charge in [-0.05, 0) is 49.3 Å². The third-order valence-electron chi connectivity index (χ3n) is 7.42. The molecule has 6 heteroatoms. The molecule has 30 heavy (non-hydrogen) atoms. The summed E-state index contributed by atoms with van der Waals surface area (Å²) in [7, 11) is 0. The molecule has 0 unspecified atom stereocenters. The number of aryl methyl sites for hydroxylation is 1. The van der Waals surface area contributed by atoms with Gasteiger partial charge >= 0.3 is 0 Å². The van der Waals surface area contributed by atoms with Crippen molar-refractivity contribution < 1.29 is 19.4 Å². The van der Waals surface area contributed by atoms with Gasteiger partial charge in [0, 0.05) is 11.7 Å². The molecule has 2 fully saturated rings. The fourth-order valence-electron chi connectivity index (χ4n) is 4.89. The van der Waals surface area contributed by atoms with Gasteiger partial charge in [0.15, 0.2) is 13.1 Å². The number of quaternary nitrogens is 2. The molecule has 0 aromatic heterocycles. The third kappa shape index (κ3) is 6.05. The Morgan fingerprint density at radius 2 is 1.60 bits per heavy atom. The van der Waals surface area contributed by atoms with Crippen LogP contribution < -0.4 is 20.4 Å². The number of benzene rings is 1. The maximum absolute atomic E-state index is 12.6. The van der Waals surface area contributed by atoms with E-state index in [9.17, 15) is 9.59 Å². The molecule has 0 spiro atoms. The number of nitrogens with one attached hydrogen (secondary N) is 4. The predicted octanol–water partition coefficient (Wildman–Crippen LogP) is -0.0338. The molecule has 4 N–H and O–H groups in total. The minimum Gasteiger partial charge on any atom is -0.348 e. The Morgan fingerprint density at radius 1 is 0.967 bits per heavy atom. The molecule has 6 nitrogen and oxygen atoms in total. The molecule has 1 aromatic carbocycles. The first-order chi connectivity index (χ1) is 14.3. The number of piperazine rings is 1. The SMILES string of the molecule is Cc1cccc(NC(=O)C[NH+]2CC[NH+](CC(=O)N[C@@H]3CCC[C@@H](C)[C@@H]3C)CC2)c1C. The predicted molar refractivity (Wildman–Crippen MR) is 120 cm³/mol. The lowest BCUT2D eigenvalue weighted by molar-refractivity contribution is -1.00. The number of rotatable bonds is 6. The number of carbonyl (C=O) groups is 2. The van der Waals surface area contributed by atoms with Gasteiger partial charge in [-0.1, -0.05) is 38.8 Å². The molecule has 1 aliphatic heterocycles. The lowest BCUT2D eigenvalue weighted by Gasteiger charge is -2.35. The van der Waals surface area contributed by atoms with Gasteiger partial charge in [-0.2, -0.15) is 0 Å². The lowest BCUT2D eigenvalue weighted by atomic mass is 9.78. The first-order valence-corrected chi connectivity index (χ1v) is 11.7. The maximum Gasteiger partial charge on any atom is 0.279 e. The monoisotopic (exact) mass is 416 g/mol. The van der Waals surface area contributed by atoms with Crippen LogP contribution in [-0.4, -0.2) is 57.1 Å². The number of hydrogen-bond acceptors (Lipinski definition) is 2. The Balaban J connectivity index is 1.38. The Bertz CT molecular complexity index is 743. The molecule has 1 heterocycles. The molecule has 1 saturated carbocycles. The Kier molecular flexibility index (Phi) is 7.89. The lowest BCUT2D eigenvalue weighted by Crippen LogP contribution is -3.28. The van der Waals surface area contributed by atoms with Crippen LogP contribution in [-0.2, 0) is 9.59 Å². The van der Waals surface area contributed by atoms with Gasteiger partial charge in [0.25, 0.3) is 11.8 Å². The molecule has 3 atom stereocenters. The molecule has 2 aliphatic rings. The first kappa shape index (κ1) is 22.8. The van der Waals surface area contributed by atoms with Crippen molar-refractivity contribution in [2.45, 2.75) is 53.0 Å². The second-order valence-electron chi connectivity index (χ2n) is 9.59.